The van der Waals surface area contributed by atoms with E-state index in [1.54, 1.807) is 0 Å². The second kappa shape index (κ2) is 7.07. The highest BCUT2D eigenvalue weighted by Crippen LogP contribution is 2.50. The number of carbonyl (C=O) groups excluding carboxylic acids is 1. The minimum atomic E-state index is -0.664. The minimum absolute atomic E-state index is 0. The summed E-state index contributed by atoms with van der Waals surface area (Å²) in [7, 11) is 0. The SMILES string of the molecule is CC(NC(=O)CN1C[C@@H]2CCC[C@@]2(C(=O)O)C1)C1CC2CCC1C2.Cl. The number of hydrogen-bond acceptors (Lipinski definition) is 3. The number of likely N-dealkylation sites (tertiary alicyclic amines) is 1. The van der Waals surface area contributed by atoms with Crippen molar-refractivity contribution in [2.45, 2.75) is 57.9 Å². The van der Waals surface area contributed by atoms with Gasteiger partial charge in [-0.2, -0.15) is 0 Å². The standard InChI is InChI=1S/C19H30N2O3.ClH/c1-12(16-8-13-4-5-14(16)7-13)20-17(22)10-21-9-15-3-2-6-19(15,11-21)18(23)24;/h12-16H,2-11H2,1H3,(H,20,22)(H,23,24);1H/t12?,13?,14?,15-,16?,19+;/m0./s1. The van der Waals surface area contributed by atoms with Crippen molar-refractivity contribution in [1.82, 2.24) is 10.2 Å². The quantitative estimate of drug-likeness (QED) is 0.780. The average molecular weight is 371 g/mol. The third-order valence-electron chi connectivity index (χ3n) is 7.56. The molecule has 0 radical (unpaired) electrons. The molecule has 4 unspecified atom stereocenters. The number of fused-ring (bicyclic) bond motifs is 3. The highest BCUT2D eigenvalue weighted by Gasteiger charge is 2.54. The molecule has 0 aromatic rings. The third kappa shape index (κ3) is 3.30. The zero-order valence-electron chi connectivity index (χ0n) is 15.1. The van der Waals surface area contributed by atoms with E-state index in [0.717, 1.165) is 37.6 Å². The average Bonchev–Trinajstić information content (AvgIpc) is 3.25. The molecule has 3 saturated carbocycles. The number of amides is 1. The number of rotatable bonds is 5. The predicted molar refractivity (Wildman–Crippen MR) is 97.6 cm³/mol. The molecule has 1 heterocycles. The molecule has 4 rings (SSSR count). The molecule has 25 heavy (non-hydrogen) atoms. The molecule has 1 aliphatic heterocycles. The van der Waals surface area contributed by atoms with Crippen molar-refractivity contribution in [2.24, 2.45) is 29.1 Å². The molecular formula is C19H31ClN2O3. The van der Waals surface area contributed by atoms with Gasteiger partial charge < -0.3 is 10.4 Å². The maximum Gasteiger partial charge on any atom is 0.311 e. The van der Waals surface area contributed by atoms with Crippen LogP contribution in [0.1, 0.15) is 51.9 Å². The number of carbonyl (C=O) groups is 2. The van der Waals surface area contributed by atoms with Gasteiger partial charge in [-0.05, 0) is 62.7 Å². The van der Waals surface area contributed by atoms with Gasteiger partial charge in [0.25, 0.3) is 0 Å². The first-order valence-electron chi connectivity index (χ1n) is 9.73. The molecule has 0 aromatic carbocycles. The van der Waals surface area contributed by atoms with Crippen molar-refractivity contribution < 1.29 is 14.7 Å². The van der Waals surface area contributed by atoms with Crippen LogP contribution in [0.5, 0.6) is 0 Å². The van der Waals surface area contributed by atoms with Crippen LogP contribution in [0.3, 0.4) is 0 Å². The first-order valence-corrected chi connectivity index (χ1v) is 9.73. The van der Waals surface area contributed by atoms with Crippen molar-refractivity contribution in [3.8, 4) is 0 Å². The lowest BCUT2D eigenvalue weighted by Crippen LogP contribution is -2.45. The van der Waals surface area contributed by atoms with Crippen LogP contribution < -0.4 is 5.32 Å². The fraction of sp³-hybridized carbons (Fsp3) is 0.895. The maximum atomic E-state index is 12.5. The fourth-order valence-corrected chi connectivity index (χ4v) is 6.38. The number of nitrogens with zero attached hydrogens (tertiary/aromatic N) is 1. The van der Waals surface area contributed by atoms with E-state index in [-0.39, 0.29) is 30.3 Å². The first kappa shape index (κ1) is 19.0. The topological polar surface area (TPSA) is 69.6 Å². The molecule has 4 aliphatic rings. The lowest BCUT2D eigenvalue weighted by Gasteiger charge is -2.29. The molecule has 6 heteroatoms. The normalized spacial score (nSPS) is 40.5. The Morgan fingerprint density at radius 2 is 2.08 bits per heavy atom. The first-order chi connectivity index (χ1) is 11.5. The number of nitrogens with one attached hydrogen (secondary N) is 1. The van der Waals surface area contributed by atoms with Gasteiger partial charge in [-0.3, -0.25) is 14.5 Å². The molecule has 1 saturated heterocycles. The third-order valence-corrected chi connectivity index (χ3v) is 7.56. The monoisotopic (exact) mass is 370 g/mol. The molecule has 0 spiro atoms. The van der Waals surface area contributed by atoms with E-state index in [0.29, 0.717) is 19.0 Å². The van der Waals surface area contributed by atoms with Gasteiger partial charge in [0.05, 0.1) is 12.0 Å². The van der Waals surface area contributed by atoms with Crippen molar-refractivity contribution in [3.63, 3.8) is 0 Å². The fourth-order valence-electron chi connectivity index (χ4n) is 6.38. The molecule has 5 nitrogen and oxygen atoms in total. The summed E-state index contributed by atoms with van der Waals surface area (Å²) in [6, 6.07) is 0.253. The molecule has 0 aromatic heterocycles. The summed E-state index contributed by atoms with van der Waals surface area (Å²) in [5.41, 5.74) is -0.587. The Balaban J connectivity index is 0.00000182. The summed E-state index contributed by atoms with van der Waals surface area (Å²) in [6.45, 7) is 3.82. The van der Waals surface area contributed by atoms with Gasteiger partial charge in [-0.15, -0.1) is 12.4 Å². The van der Waals surface area contributed by atoms with Crippen LogP contribution >= 0.6 is 12.4 Å². The Morgan fingerprint density at radius 1 is 1.28 bits per heavy atom. The maximum absolute atomic E-state index is 12.5. The van der Waals surface area contributed by atoms with Crippen molar-refractivity contribution in [2.75, 3.05) is 19.6 Å². The number of aliphatic carboxylic acids is 1. The van der Waals surface area contributed by atoms with Crippen LogP contribution in [0, 0.1) is 29.1 Å². The van der Waals surface area contributed by atoms with E-state index in [1.165, 1.54) is 25.7 Å². The van der Waals surface area contributed by atoms with Crippen LogP contribution in [-0.2, 0) is 9.59 Å². The summed E-state index contributed by atoms with van der Waals surface area (Å²) in [4.78, 5) is 26.3. The van der Waals surface area contributed by atoms with E-state index >= 15 is 0 Å². The highest BCUT2D eigenvalue weighted by molar-refractivity contribution is 5.85. The van der Waals surface area contributed by atoms with Gasteiger partial charge in [0.15, 0.2) is 0 Å². The van der Waals surface area contributed by atoms with Crippen LogP contribution in [0.4, 0.5) is 0 Å². The highest BCUT2D eigenvalue weighted by atomic mass is 35.5. The Bertz CT molecular complexity index is 543. The van der Waals surface area contributed by atoms with E-state index in [4.69, 9.17) is 0 Å². The molecule has 6 atom stereocenters. The lowest BCUT2D eigenvalue weighted by atomic mass is 9.81. The Hall–Kier alpha value is -0.810. The number of halogens is 1. The van der Waals surface area contributed by atoms with Crippen molar-refractivity contribution in [1.29, 1.82) is 0 Å². The summed E-state index contributed by atoms with van der Waals surface area (Å²) in [5.74, 6) is 2.00. The molecular weight excluding hydrogens is 340 g/mol. The van der Waals surface area contributed by atoms with Crippen molar-refractivity contribution >= 4 is 24.3 Å². The smallest absolute Gasteiger partial charge is 0.311 e. The Morgan fingerprint density at radius 3 is 2.68 bits per heavy atom. The summed E-state index contributed by atoms with van der Waals surface area (Å²) in [6.07, 6.45) is 8.13. The van der Waals surface area contributed by atoms with Gasteiger partial charge in [0, 0.05) is 19.1 Å². The molecule has 142 valence electrons. The van der Waals surface area contributed by atoms with E-state index in [2.05, 4.69) is 17.1 Å². The molecule has 1 amide bonds. The Labute approximate surface area is 156 Å². The molecule has 4 fully saturated rings. The molecule has 2 bridgehead atoms. The largest absolute Gasteiger partial charge is 0.481 e. The van der Waals surface area contributed by atoms with Crippen LogP contribution in [0.2, 0.25) is 0 Å². The van der Waals surface area contributed by atoms with Gasteiger partial charge in [-0.1, -0.05) is 12.8 Å². The van der Waals surface area contributed by atoms with E-state index in [1.807, 2.05) is 0 Å². The summed E-state index contributed by atoms with van der Waals surface area (Å²) >= 11 is 0. The minimum Gasteiger partial charge on any atom is -0.481 e. The second-order valence-corrected chi connectivity index (χ2v) is 8.91. The van der Waals surface area contributed by atoms with Gasteiger partial charge >= 0.3 is 5.97 Å². The number of carboxylic acids is 1. The van der Waals surface area contributed by atoms with Gasteiger partial charge in [0.1, 0.15) is 0 Å². The van der Waals surface area contributed by atoms with Crippen LogP contribution in [-0.4, -0.2) is 47.6 Å². The van der Waals surface area contributed by atoms with Gasteiger partial charge in [0.2, 0.25) is 5.91 Å². The van der Waals surface area contributed by atoms with Crippen LogP contribution in [0.25, 0.3) is 0 Å². The molecule has 2 N–H and O–H groups in total. The second-order valence-electron chi connectivity index (χ2n) is 8.91. The number of carboxylic acid groups (broad SMARTS) is 1. The van der Waals surface area contributed by atoms with E-state index < -0.39 is 11.4 Å². The zero-order valence-corrected chi connectivity index (χ0v) is 15.9. The van der Waals surface area contributed by atoms with E-state index in [9.17, 15) is 14.7 Å². The molecule has 3 aliphatic carbocycles. The zero-order chi connectivity index (χ0) is 16.9. The summed E-state index contributed by atoms with van der Waals surface area (Å²) in [5, 5.41) is 12.9. The summed E-state index contributed by atoms with van der Waals surface area (Å²) < 4.78 is 0. The lowest BCUT2D eigenvalue weighted by molar-refractivity contribution is -0.149. The van der Waals surface area contributed by atoms with Crippen molar-refractivity contribution in [3.05, 3.63) is 0 Å². The Kier molecular flexibility index (Phi) is 5.36. The predicted octanol–water partition coefficient (Wildman–Crippen LogP) is 2.54. The number of hydrogen-bond donors (Lipinski definition) is 2. The van der Waals surface area contributed by atoms with Crippen LogP contribution in [0.15, 0.2) is 0 Å². The van der Waals surface area contributed by atoms with Gasteiger partial charge in [-0.25, -0.2) is 0 Å².